The Balaban J connectivity index is 1.25. The van der Waals surface area contributed by atoms with Gasteiger partial charge >= 0.3 is 5.97 Å². The van der Waals surface area contributed by atoms with Gasteiger partial charge in [0.2, 0.25) is 0 Å². The van der Waals surface area contributed by atoms with Crippen LogP contribution < -0.4 is 4.74 Å². The van der Waals surface area contributed by atoms with Crippen LogP contribution in [0.2, 0.25) is 10.0 Å². The molecular weight excluding hydrogens is 579 g/mol. The molecule has 0 radical (unpaired) electrons. The van der Waals surface area contributed by atoms with Gasteiger partial charge in [0.25, 0.3) is 17.7 Å². The molecule has 1 saturated heterocycles. The van der Waals surface area contributed by atoms with E-state index in [2.05, 4.69) is 0 Å². The zero-order chi connectivity index (χ0) is 29.7. The molecule has 3 fully saturated rings. The number of ketones is 1. The predicted octanol–water partition coefficient (Wildman–Crippen LogP) is 5.79. The molecule has 2 bridgehead atoms. The molecule has 2 aliphatic carbocycles. The monoisotopic (exact) mass is 604 g/mol. The summed E-state index contributed by atoms with van der Waals surface area (Å²) in [5.74, 6) is -3.28. The number of ether oxygens (including phenoxy) is 1. The maximum atomic E-state index is 13.8. The number of benzene rings is 3. The van der Waals surface area contributed by atoms with Crippen molar-refractivity contribution in [2.75, 3.05) is 6.54 Å². The van der Waals surface area contributed by atoms with Crippen molar-refractivity contribution in [3.05, 3.63) is 99.0 Å². The Hall–Kier alpha value is -4.01. The van der Waals surface area contributed by atoms with Crippen molar-refractivity contribution in [3.63, 3.8) is 0 Å². The molecule has 3 aromatic rings. The highest BCUT2D eigenvalue weighted by Gasteiger charge is 2.62. The van der Waals surface area contributed by atoms with Gasteiger partial charge in [-0.15, -0.1) is 0 Å². The number of amides is 3. The van der Waals surface area contributed by atoms with Crippen LogP contribution in [-0.4, -0.2) is 46.0 Å². The van der Waals surface area contributed by atoms with Gasteiger partial charge in [0.1, 0.15) is 12.3 Å². The Morgan fingerprint density at radius 1 is 0.857 bits per heavy atom. The standard InChI is InChI=1S/C32H26Cl2N2O6/c1-17-2-4-19(5-3-17)32(41)42-23-11-8-18(9-12-23)26(37)16-35(29(38)24-13-10-22(33)15-25(24)34)36-30(39)27-20-6-7-21(14-20)28(27)31(36)40/h2-5,8-13,15,20-21,27-28H,6-7,14,16H2,1H3/t20-,21-,27-,28+/m0/s1. The highest BCUT2D eigenvalue weighted by atomic mass is 35.5. The number of hydrogen-bond donors (Lipinski definition) is 0. The molecule has 3 aromatic carbocycles. The number of esters is 1. The normalized spacial score (nSPS) is 22.3. The molecule has 0 N–H and O–H groups in total. The zero-order valence-electron chi connectivity index (χ0n) is 22.6. The van der Waals surface area contributed by atoms with Gasteiger partial charge in [-0.3, -0.25) is 19.2 Å². The Labute approximate surface area is 252 Å². The average molecular weight is 605 g/mol. The van der Waals surface area contributed by atoms with Gasteiger partial charge in [-0.2, -0.15) is 5.01 Å². The molecule has 1 heterocycles. The summed E-state index contributed by atoms with van der Waals surface area (Å²) in [7, 11) is 0. The second kappa shape index (κ2) is 11.0. The van der Waals surface area contributed by atoms with E-state index in [1.165, 1.54) is 42.5 Å². The van der Waals surface area contributed by atoms with Gasteiger partial charge in [0.15, 0.2) is 5.78 Å². The number of imide groups is 1. The largest absolute Gasteiger partial charge is 0.423 e. The molecule has 3 aliphatic rings. The van der Waals surface area contributed by atoms with E-state index in [0.29, 0.717) is 10.6 Å². The van der Waals surface area contributed by atoms with Crippen molar-refractivity contribution in [2.45, 2.75) is 26.2 Å². The molecule has 10 heteroatoms. The van der Waals surface area contributed by atoms with Crippen LogP contribution in [0, 0.1) is 30.6 Å². The zero-order valence-corrected chi connectivity index (χ0v) is 24.1. The number of hydrazine groups is 1. The summed E-state index contributed by atoms with van der Waals surface area (Å²) in [6, 6.07) is 17.0. The first-order valence-electron chi connectivity index (χ1n) is 13.7. The van der Waals surface area contributed by atoms with Crippen LogP contribution in [0.1, 0.15) is 55.9 Å². The molecule has 4 atom stereocenters. The number of carbonyl (C=O) groups excluding carboxylic acids is 5. The minimum atomic E-state index is -0.761. The third-order valence-electron chi connectivity index (χ3n) is 8.51. The maximum absolute atomic E-state index is 13.8. The Bertz CT molecular complexity index is 1590. The van der Waals surface area contributed by atoms with E-state index in [-0.39, 0.29) is 33.7 Å². The first-order valence-corrected chi connectivity index (χ1v) is 14.4. The molecule has 0 aromatic heterocycles. The molecule has 1 aliphatic heterocycles. The van der Waals surface area contributed by atoms with Gasteiger partial charge in [-0.25, -0.2) is 9.80 Å². The Morgan fingerprint density at radius 2 is 1.45 bits per heavy atom. The Kier molecular flexibility index (Phi) is 7.37. The van der Waals surface area contributed by atoms with Crippen LogP contribution in [0.4, 0.5) is 0 Å². The van der Waals surface area contributed by atoms with Crippen LogP contribution in [0.25, 0.3) is 0 Å². The fourth-order valence-electron chi connectivity index (χ4n) is 6.46. The van der Waals surface area contributed by atoms with Crippen molar-refractivity contribution in [2.24, 2.45) is 23.7 Å². The van der Waals surface area contributed by atoms with Gasteiger partial charge in [-0.1, -0.05) is 40.9 Å². The van der Waals surface area contributed by atoms with Crippen LogP contribution >= 0.6 is 23.2 Å². The lowest BCUT2D eigenvalue weighted by Gasteiger charge is -2.31. The lowest BCUT2D eigenvalue weighted by atomic mass is 9.81. The summed E-state index contributed by atoms with van der Waals surface area (Å²) in [5, 5.41) is 2.11. The van der Waals surface area contributed by atoms with Gasteiger partial charge in [-0.05, 0) is 92.6 Å². The minimum Gasteiger partial charge on any atom is -0.423 e. The third-order valence-corrected chi connectivity index (χ3v) is 9.06. The molecule has 6 rings (SSSR count). The summed E-state index contributed by atoms with van der Waals surface area (Å²) in [6.45, 7) is 1.33. The number of aryl methyl sites for hydroxylation is 1. The SMILES string of the molecule is Cc1ccc(C(=O)Oc2ccc(C(=O)CN(C(=O)c3ccc(Cl)cc3Cl)N3C(=O)[C@@H]4[C@H]5CC[C@@H](C5)[C@@H]4C3=O)cc2)cc1. The summed E-state index contributed by atoms with van der Waals surface area (Å²) in [4.78, 5) is 66.9. The molecule has 3 amide bonds. The van der Waals surface area contributed by atoms with Gasteiger partial charge in [0, 0.05) is 10.6 Å². The van der Waals surface area contributed by atoms with E-state index >= 15 is 0 Å². The van der Waals surface area contributed by atoms with Crippen molar-refractivity contribution in [3.8, 4) is 5.75 Å². The molecule has 214 valence electrons. The third kappa shape index (κ3) is 4.99. The molecule has 0 unspecified atom stereocenters. The van der Waals surface area contributed by atoms with Crippen molar-refractivity contribution in [1.29, 1.82) is 0 Å². The minimum absolute atomic E-state index is 0.00728. The highest BCUT2D eigenvalue weighted by molar-refractivity contribution is 6.36. The number of hydrogen-bond acceptors (Lipinski definition) is 6. The van der Waals surface area contributed by atoms with E-state index in [0.717, 1.165) is 34.8 Å². The van der Waals surface area contributed by atoms with Crippen LogP contribution in [-0.2, 0) is 9.59 Å². The summed E-state index contributed by atoms with van der Waals surface area (Å²) in [5.41, 5.74) is 1.60. The van der Waals surface area contributed by atoms with Crippen molar-refractivity contribution in [1.82, 2.24) is 10.0 Å². The van der Waals surface area contributed by atoms with Gasteiger partial charge < -0.3 is 4.74 Å². The summed E-state index contributed by atoms with van der Waals surface area (Å²) < 4.78 is 5.42. The first-order chi connectivity index (χ1) is 20.1. The lowest BCUT2D eigenvalue weighted by Crippen LogP contribution is -2.52. The predicted molar refractivity (Wildman–Crippen MR) is 154 cm³/mol. The second-order valence-corrected chi connectivity index (χ2v) is 11.9. The number of fused-ring (bicyclic) bond motifs is 5. The van der Waals surface area contributed by atoms with Crippen LogP contribution in [0.15, 0.2) is 66.7 Å². The molecule has 2 saturated carbocycles. The average Bonchev–Trinajstić information content (AvgIpc) is 3.66. The van der Waals surface area contributed by atoms with E-state index in [4.69, 9.17) is 27.9 Å². The fourth-order valence-corrected chi connectivity index (χ4v) is 6.95. The molecule has 8 nitrogen and oxygen atoms in total. The summed E-state index contributed by atoms with van der Waals surface area (Å²) >= 11 is 12.3. The van der Waals surface area contributed by atoms with Crippen molar-refractivity contribution < 1.29 is 28.7 Å². The van der Waals surface area contributed by atoms with Crippen molar-refractivity contribution >= 4 is 52.7 Å². The fraction of sp³-hybridized carbons (Fsp3) is 0.281. The quantitative estimate of drug-likeness (QED) is 0.146. The Morgan fingerprint density at radius 3 is 2.05 bits per heavy atom. The number of rotatable bonds is 7. The van der Waals surface area contributed by atoms with E-state index < -0.39 is 47.9 Å². The van der Waals surface area contributed by atoms with Crippen LogP contribution in [0.5, 0.6) is 5.75 Å². The lowest BCUT2D eigenvalue weighted by molar-refractivity contribution is -0.155. The number of carbonyl (C=O) groups is 5. The van der Waals surface area contributed by atoms with Crippen LogP contribution in [0.3, 0.4) is 0 Å². The highest BCUT2D eigenvalue weighted by Crippen LogP contribution is 2.56. The number of nitrogens with zero attached hydrogens (tertiary/aromatic N) is 2. The molecule has 42 heavy (non-hydrogen) atoms. The second-order valence-electron chi connectivity index (χ2n) is 11.1. The molecule has 0 spiro atoms. The van der Waals surface area contributed by atoms with E-state index in [1.54, 1.807) is 24.3 Å². The number of Topliss-reactive ketones (excluding diaryl/α,β-unsaturated/α-hetero) is 1. The number of halogens is 2. The smallest absolute Gasteiger partial charge is 0.343 e. The van der Waals surface area contributed by atoms with E-state index in [9.17, 15) is 24.0 Å². The topological polar surface area (TPSA) is 101 Å². The molecular formula is C32H26Cl2N2O6. The maximum Gasteiger partial charge on any atom is 0.343 e. The summed E-state index contributed by atoms with van der Waals surface area (Å²) in [6.07, 6.45) is 2.57. The first kappa shape index (κ1) is 28.1. The van der Waals surface area contributed by atoms with E-state index in [1.807, 2.05) is 6.92 Å². The van der Waals surface area contributed by atoms with Gasteiger partial charge in [0.05, 0.1) is 28.0 Å².